The van der Waals surface area contributed by atoms with Gasteiger partial charge in [0.1, 0.15) is 12.0 Å². The first-order valence-electron chi connectivity index (χ1n) is 5.36. The summed E-state index contributed by atoms with van der Waals surface area (Å²) in [4.78, 5) is 12.8. The molecule has 1 atom stereocenters. The fourth-order valence-corrected chi connectivity index (χ4v) is 1.85. The van der Waals surface area contributed by atoms with Crippen LogP contribution in [-0.2, 0) is 11.3 Å². The van der Waals surface area contributed by atoms with Crippen LogP contribution in [0.4, 0.5) is 0 Å². The van der Waals surface area contributed by atoms with Crippen molar-refractivity contribution in [3.63, 3.8) is 0 Å². The second kappa shape index (κ2) is 5.09. The lowest BCUT2D eigenvalue weighted by atomic mass is 10.2. The molecule has 1 aliphatic rings. The van der Waals surface area contributed by atoms with Crippen molar-refractivity contribution in [2.45, 2.75) is 12.6 Å². The van der Waals surface area contributed by atoms with E-state index in [2.05, 4.69) is 10.2 Å². The van der Waals surface area contributed by atoms with Crippen LogP contribution in [0.5, 0.6) is 5.75 Å². The van der Waals surface area contributed by atoms with Gasteiger partial charge in [0.15, 0.2) is 0 Å². The number of nitrogens with zero attached hydrogens (tertiary/aromatic N) is 1. The average Bonchev–Trinajstić information content (AvgIpc) is 2.78. The van der Waals surface area contributed by atoms with Crippen LogP contribution in [0.1, 0.15) is 5.56 Å². The number of ether oxygens (including phenoxy) is 1. The number of nitrogens with one attached hydrogen (secondary N) is 1. The van der Waals surface area contributed by atoms with E-state index in [4.69, 9.17) is 4.74 Å². The Labute approximate surface area is 95.2 Å². The Balaban J connectivity index is 1.91. The maximum Gasteiger partial charge on any atom is 0.138 e. The first-order chi connectivity index (χ1) is 7.81. The normalized spacial score (nSPS) is 20.9. The summed E-state index contributed by atoms with van der Waals surface area (Å²) >= 11 is 0. The van der Waals surface area contributed by atoms with Crippen LogP contribution >= 0.6 is 0 Å². The number of hydrogen-bond acceptors (Lipinski definition) is 4. The summed E-state index contributed by atoms with van der Waals surface area (Å²) in [5.74, 6) is 0.870. The lowest BCUT2D eigenvalue weighted by molar-refractivity contribution is -0.109. The summed E-state index contributed by atoms with van der Waals surface area (Å²) in [6.07, 6.45) is 0.966. The van der Waals surface area contributed by atoms with Crippen LogP contribution in [0.15, 0.2) is 24.3 Å². The standard InChI is InChI=1S/C12H16N2O2/c1-16-12-4-2-10(3-5-12)6-14-7-11(8-15)13-9-14/h2-5,8,11,13H,6-7,9H2,1H3. The second-order valence-electron chi connectivity index (χ2n) is 3.96. The van der Waals surface area contributed by atoms with Crippen molar-refractivity contribution in [3.8, 4) is 5.75 Å². The first kappa shape index (κ1) is 11.1. The van der Waals surface area contributed by atoms with E-state index < -0.39 is 0 Å². The third kappa shape index (κ3) is 2.59. The Morgan fingerprint density at radius 2 is 2.25 bits per heavy atom. The third-order valence-corrected chi connectivity index (χ3v) is 2.76. The molecule has 1 fully saturated rings. The summed E-state index contributed by atoms with van der Waals surface area (Å²) in [5.41, 5.74) is 1.23. The highest BCUT2D eigenvalue weighted by molar-refractivity contribution is 5.58. The van der Waals surface area contributed by atoms with Crippen molar-refractivity contribution in [2.75, 3.05) is 20.3 Å². The van der Waals surface area contributed by atoms with Crippen LogP contribution < -0.4 is 10.1 Å². The lowest BCUT2D eigenvalue weighted by Crippen LogP contribution is -2.24. The lowest BCUT2D eigenvalue weighted by Gasteiger charge is -2.13. The molecule has 4 heteroatoms. The van der Waals surface area contributed by atoms with E-state index in [0.717, 1.165) is 31.8 Å². The van der Waals surface area contributed by atoms with Gasteiger partial charge in [-0.3, -0.25) is 10.2 Å². The van der Waals surface area contributed by atoms with Gasteiger partial charge in [0, 0.05) is 19.8 Å². The van der Waals surface area contributed by atoms with Gasteiger partial charge in [-0.1, -0.05) is 12.1 Å². The van der Waals surface area contributed by atoms with Gasteiger partial charge in [-0.2, -0.15) is 0 Å². The molecular weight excluding hydrogens is 204 g/mol. The molecule has 0 saturated carbocycles. The third-order valence-electron chi connectivity index (χ3n) is 2.76. The van der Waals surface area contributed by atoms with Crippen LogP contribution in [0, 0.1) is 0 Å². The monoisotopic (exact) mass is 220 g/mol. The van der Waals surface area contributed by atoms with Crippen LogP contribution in [-0.4, -0.2) is 37.6 Å². The fourth-order valence-electron chi connectivity index (χ4n) is 1.85. The predicted octanol–water partition coefficient (Wildman–Crippen LogP) is 0.625. The van der Waals surface area contributed by atoms with E-state index >= 15 is 0 Å². The van der Waals surface area contributed by atoms with E-state index in [1.54, 1.807) is 7.11 Å². The maximum absolute atomic E-state index is 10.6. The minimum absolute atomic E-state index is 0.0155. The molecule has 0 aliphatic carbocycles. The van der Waals surface area contributed by atoms with E-state index in [-0.39, 0.29) is 6.04 Å². The van der Waals surface area contributed by atoms with Gasteiger partial charge in [0.25, 0.3) is 0 Å². The molecule has 2 rings (SSSR count). The van der Waals surface area contributed by atoms with Gasteiger partial charge < -0.3 is 9.53 Å². The number of carbonyl (C=O) groups excluding carboxylic acids is 1. The molecule has 1 aliphatic heterocycles. The number of aldehydes is 1. The zero-order valence-electron chi connectivity index (χ0n) is 9.35. The largest absolute Gasteiger partial charge is 0.497 e. The Kier molecular flexibility index (Phi) is 3.54. The zero-order valence-corrected chi connectivity index (χ0v) is 9.35. The van der Waals surface area contributed by atoms with E-state index in [9.17, 15) is 4.79 Å². The Bertz CT molecular complexity index is 351. The molecule has 1 aromatic rings. The summed E-state index contributed by atoms with van der Waals surface area (Å²) < 4.78 is 5.10. The highest BCUT2D eigenvalue weighted by Gasteiger charge is 2.20. The minimum atomic E-state index is -0.0155. The number of rotatable bonds is 4. The number of hydrogen-bond donors (Lipinski definition) is 1. The zero-order chi connectivity index (χ0) is 11.4. The van der Waals surface area contributed by atoms with Crippen molar-refractivity contribution < 1.29 is 9.53 Å². The van der Waals surface area contributed by atoms with Gasteiger partial charge in [-0.25, -0.2) is 0 Å². The molecule has 0 radical (unpaired) electrons. The summed E-state index contributed by atoms with van der Waals surface area (Å²) in [5, 5.41) is 3.13. The van der Waals surface area contributed by atoms with Gasteiger partial charge in [0.2, 0.25) is 0 Å². The number of methoxy groups -OCH3 is 1. The Morgan fingerprint density at radius 1 is 1.50 bits per heavy atom. The molecular formula is C12H16N2O2. The number of carbonyl (C=O) groups is 1. The minimum Gasteiger partial charge on any atom is -0.497 e. The van der Waals surface area contributed by atoms with Crippen molar-refractivity contribution in [3.05, 3.63) is 29.8 Å². The summed E-state index contributed by atoms with van der Waals surface area (Å²) in [6.45, 7) is 2.42. The quantitative estimate of drug-likeness (QED) is 0.755. The molecule has 1 heterocycles. The van der Waals surface area contributed by atoms with Crippen molar-refractivity contribution >= 4 is 6.29 Å². The van der Waals surface area contributed by atoms with Crippen LogP contribution in [0.2, 0.25) is 0 Å². The van der Waals surface area contributed by atoms with Gasteiger partial charge in [-0.15, -0.1) is 0 Å². The molecule has 86 valence electrons. The van der Waals surface area contributed by atoms with E-state index in [1.807, 2.05) is 24.3 Å². The van der Waals surface area contributed by atoms with Crippen molar-refractivity contribution in [1.82, 2.24) is 10.2 Å². The Morgan fingerprint density at radius 3 is 2.81 bits per heavy atom. The molecule has 4 nitrogen and oxygen atoms in total. The van der Waals surface area contributed by atoms with Crippen LogP contribution in [0.25, 0.3) is 0 Å². The van der Waals surface area contributed by atoms with Crippen molar-refractivity contribution in [1.29, 1.82) is 0 Å². The van der Waals surface area contributed by atoms with Gasteiger partial charge in [-0.05, 0) is 17.7 Å². The van der Waals surface area contributed by atoms with E-state index in [1.165, 1.54) is 5.56 Å². The SMILES string of the molecule is COc1ccc(CN2CNC(C=O)C2)cc1. The summed E-state index contributed by atoms with van der Waals surface area (Å²) in [7, 11) is 1.66. The molecule has 0 bridgehead atoms. The fraction of sp³-hybridized carbons (Fsp3) is 0.417. The molecule has 0 amide bonds. The Hall–Kier alpha value is -1.39. The smallest absolute Gasteiger partial charge is 0.138 e. The molecule has 1 aromatic carbocycles. The molecule has 1 saturated heterocycles. The average molecular weight is 220 g/mol. The predicted molar refractivity (Wildman–Crippen MR) is 61.3 cm³/mol. The molecule has 0 aromatic heterocycles. The molecule has 0 spiro atoms. The second-order valence-corrected chi connectivity index (χ2v) is 3.96. The highest BCUT2D eigenvalue weighted by Crippen LogP contribution is 2.13. The summed E-state index contributed by atoms with van der Waals surface area (Å²) in [6, 6.07) is 7.99. The van der Waals surface area contributed by atoms with Gasteiger partial charge >= 0.3 is 0 Å². The first-order valence-corrected chi connectivity index (χ1v) is 5.36. The van der Waals surface area contributed by atoms with Crippen molar-refractivity contribution in [2.24, 2.45) is 0 Å². The maximum atomic E-state index is 10.6. The van der Waals surface area contributed by atoms with E-state index in [0.29, 0.717) is 0 Å². The van der Waals surface area contributed by atoms with Gasteiger partial charge in [0.05, 0.1) is 13.2 Å². The molecule has 1 N–H and O–H groups in total. The molecule has 1 unspecified atom stereocenters. The molecule has 16 heavy (non-hydrogen) atoms. The topological polar surface area (TPSA) is 41.6 Å². The number of benzene rings is 1. The highest BCUT2D eigenvalue weighted by atomic mass is 16.5. The van der Waals surface area contributed by atoms with Crippen LogP contribution in [0.3, 0.4) is 0 Å².